The quantitative estimate of drug-likeness (QED) is 0.798. The first-order valence-electron chi connectivity index (χ1n) is 6.41. The molecule has 0 fully saturated rings. The van der Waals surface area contributed by atoms with Crippen molar-refractivity contribution in [3.8, 4) is 11.5 Å². The van der Waals surface area contributed by atoms with Gasteiger partial charge in [-0.15, -0.1) is 0 Å². The van der Waals surface area contributed by atoms with Crippen molar-refractivity contribution in [1.29, 1.82) is 0 Å². The van der Waals surface area contributed by atoms with Crippen LogP contribution in [-0.2, 0) is 11.2 Å². The van der Waals surface area contributed by atoms with E-state index in [1.54, 1.807) is 0 Å². The molecule has 0 aliphatic heterocycles. The van der Waals surface area contributed by atoms with E-state index in [2.05, 4.69) is 4.98 Å². The Morgan fingerprint density at radius 3 is 2.80 bits per heavy atom. The molecule has 2 aromatic rings. The molecule has 1 aromatic carbocycles. The number of oxazole rings is 1. The summed E-state index contributed by atoms with van der Waals surface area (Å²) in [6.07, 6.45) is 1.51. The van der Waals surface area contributed by atoms with Gasteiger partial charge in [-0.3, -0.25) is 0 Å². The van der Waals surface area contributed by atoms with Gasteiger partial charge in [0.2, 0.25) is 11.7 Å². The second-order valence-corrected chi connectivity index (χ2v) is 4.93. The summed E-state index contributed by atoms with van der Waals surface area (Å²) in [5, 5.41) is 0.547. The van der Waals surface area contributed by atoms with Crippen LogP contribution in [0, 0.1) is 6.92 Å². The Morgan fingerprint density at radius 2 is 2.20 bits per heavy atom. The van der Waals surface area contributed by atoms with Crippen molar-refractivity contribution in [3.63, 3.8) is 0 Å². The fourth-order valence-electron chi connectivity index (χ4n) is 1.92. The molecule has 0 saturated heterocycles. The maximum absolute atomic E-state index is 11.7. The maximum Gasteiger partial charge on any atom is 0.376 e. The molecular formula is C15H16ClNO3. The van der Waals surface area contributed by atoms with Gasteiger partial charge < -0.3 is 9.15 Å². The van der Waals surface area contributed by atoms with Crippen LogP contribution in [0.3, 0.4) is 0 Å². The second-order valence-electron chi connectivity index (χ2n) is 4.52. The summed E-state index contributed by atoms with van der Waals surface area (Å²) in [6, 6.07) is 5.58. The third kappa shape index (κ3) is 2.85. The SMILES string of the molecule is CCCc1nc(-c2ccc(C)cc2Cl)oc1C(=O)OC. The third-order valence-electron chi connectivity index (χ3n) is 2.91. The van der Waals surface area contributed by atoms with Crippen molar-refractivity contribution in [3.05, 3.63) is 40.2 Å². The van der Waals surface area contributed by atoms with Crippen molar-refractivity contribution in [2.24, 2.45) is 0 Å². The molecule has 0 aliphatic carbocycles. The lowest BCUT2D eigenvalue weighted by Gasteiger charge is -2.00. The topological polar surface area (TPSA) is 52.3 Å². The van der Waals surface area contributed by atoms with Crippen LogP contribution in [0.1, 0.15) is 35.2 Å². The van der Waals surface area contributed by atoms with Crippen LogP contribution in [0.15, 0.2) is 22.6 Å². The van der Waals surface area contributed by atoms with Gasteiger partial charge in [0.15, 0.2) is 0 Å². The highest BCUT2D eigenvalue weighted by atomic mass is 35.5. The van der Waals surface area contributed by atoms with Crippen molar-refractivity contribution in [1.82, 2.24) is 4.98 Å². The van der Waals surface area contributed by atoms with Crippen LogP contribution in [0.2, 0.25) is 5.02 Å². The predicted octanol–water partition coefficient (Wildman–Crippen LogP) is 4.04. The molecule has 0 bridgehead atoms. The van der Waals surface area contributed by atoms with E-state index in [9.17, 15) is 4.79 Å². The summed E-state index contributed by atoms with van der Waals surface area (Å²) in [5.41, 5.74) is 2.32. The van der Waals surface area contributed by atoms with Crippen molar-refractivity contribution >= 4 is 17.6 Å². The minimum absolute atomic E-state index is 0.154. The number of carbonyl (C=O) groups is 1. The first-order valence-corrected chi connectivity index (χ1v) is 6.79. The van der Waals surface area contributed by atoms with Crippen LogP contribution < -0.4 is 0 Å². The lowest BCUT2D eigenvalue weighted by molar-refractivity contribution is 0.0564. The molecule has 5 heteroatoms. The molecule has 2 rings (SSSR count). The number of hydrogen-bond acceptors (Lipinski definition) is 4. The van der Waals surface area contributed by atoms with Crippen LogP contribution in [0.25, 0.3) is 11.5 Å². The van der Waals surface area contributed by atoms with E-state index < -0.39 is 5.97 Å². The average Bonchev–Trinajstić information content (AvgIpc) is 2.82. The molecule has 0 aliphatic rings. The largest absolute Gasteiger partial charge is 0.463 e. The molecule has 1 aromatic heterocycles. The number of benzene rings is 1. The highest BCUT2D eigenvalue weighted by Crippen LogP contribution is 2.30. The van der Waals surface area contributed by atoms with Gasteiger partial charge in [-0.1, -0.05) is 31.0 Å². The summed E-state index contributed by atoms with van der Waals surface area (Å²) < 4.78 is 10.3. The van der Waals surface area contributed by atoms with Gasteiger partial charge in [-0.05, 0) is 31.0 Å². The van der Waals surface area contributed by atoms with Gasteiger partial charge in [-0.2, -0.15) is 0 Å². The lowest BCUT2D eigenvalue weighted by Crippen LogP contribution is -2.03. The van der Waals surface area contributed by atoms with E-state index in [0.717, 1.165) is 12.0 Å². The van der Waals surface area contributed by atoms with Gasteiger partial charge in [0.1, 0.15) is 0 Å². The van der Waals surface area contributed by atoms with Crippen molar-refractivity contribution in [2.45, 2.75) is 26.7 Å². The molecule has 0 atom stereocenters. The number of aryl methyl sites for hydroxylation is 2. The highest BCUT2D eigenvalue weighted by molar-refractivity contribution is 6.33. The third-order valence-corrected chi connectivity index (χ3v) is 3.22. The van der Waals surface area contributed by atoms with Gasteiger partial charge in [0.05, 0.1) is 23.4 Å². The smallest absolute Gasteiger partial charge is 0.376 e. The second kappa shape index (κ2) is 6.09. The Labute approximate surface area is 122 Å². The predicted molar refractivity (Wildman–Crippen MR) is 77.0 cm³/mol. The molecule has 0 saturated carbocycles. The van der Waals surface area contributed by atoms with Crippen molar-refractivity contribution in [2.75, 3.05) is 7.11 Å². The average molecular weight is 294 g/mol. The molecule has 106 valence electrons. The Hall–Kier alpha value is -1.81. The summed E-state index contributed by atoms with van der Waals surface area (Å²) in [4.78, 5) is 16.1. The summed E-state index contributed by atoms with van der Waals surface area (Å²) in [7, 11) is 1.32. The number of halogens is 1. The molecule has 0 unspecified atom stereocenters. The molecule has 0 spiro atoms. The Bertz CT molecular complexity index is 634. The van der Waals surface area contributed by atoms with E-state index in [0.29, 0.717) is 28.6 Å². The number of aromatic nitrogens is 1. The fourth-order valence-corrected chi connectivity index (χ4v) is 2.23. The number of ether oxygens (including phenoxy) is 1. The summed E-state index contributed by atoms with van der Waals surface area (Å²) in [6.45, 7) is 3.96. The van der Waals surface area contributed by atoms with E-state index >= 15 is 0 Å². The Morgan fingerprint density at radius 1 is 1.45 bits per heavy atom. The van der Waals surface area contributed by atoms with Gasteiger partial charge in [0, 0.05) is 0 Å². The molecule has 4 nitrogen and oxygen atoms in total. The number of esters is 1. The van der Waals surface area contributed by atoms with Gasteiger partial charge in [0.25, 0.3) is 0 Å². The number of nitrogens with zero attached hydrogens (tertiary/aromatic N) is 1. The van der Waals surface area contributed by atoms with Gasteiger partial charge in [-0.25, -0.2) is 9.78 Å². The fraction of sp³-hybridized carbons (Fsp3) is 0.333. The first kappa shape index (κ1) is 14.6. The zero-order valence-electron chi connectivity index (χ0n) is 11.7. The molecule has 0 N–H and O–H groups in total. The van der Waals surface area contributed by atoms with Crippen LogP contribution in [-0.4, -0.2) is 18.1 Å². The Balaban J connectivity index is 2.49. The van der Waals surface area contributed by atoms with Gasteiger partial charge >= 0.3 is 5.97 Å². The standard InChI is InChI=1S/C15H16ClNO3/c1-4-5-12-13(15(18)19-3)20-14(17-12)10-7-6-9(2)8-11(10)16/h6-8H,4-5H2,1-3H3. The Kier molecular flexibility index (Phi) is 4.45. The van der Waals surface area contributed by atoms with E-state index in [1.165, 1.54) is 7.11 Å². The van der Waals surface area contributed by atoms with Crippen LogP contribution in [0.5, 0.6) is 0 Å². The van der Waals surface area contributed by atoms with Crippen LogP contribution in [0.4, 0.5) is 0 Å². The molecule has 0 amide bonds. The molecule has 1 heterocycles. The number of carbonyl (C=O) groups excluding carboxylic acids is 1. The molecular weight excluding hydrogens is 278 g/mol. The minimum atomic E-state index is -0.518. The number of hydrogen-bond donors (Lipinski definition) is 0. The lowest BCUT2D eigenvalue weighted by atomic mass is 10.1. The van der Waals surface area contributed by atoms with E-state index in [1.807, 2.05) is 32.0 Å². The number of methoxy groups -OCH3 is 1. The van der Waals surface area contributed by atoms with Crippen molar-refractivity contribution < 1.29 is 13.9 Å². The summed E-state index contributed by atoms with van der Waals surface area (Å²) >= 11 is 6.20. The zero-order chi connectivity index (χ0) is 14.7. The monoisotopic (exact) mass is 293 g/mol. The van der Waals surface area contributed by atoms with Crippen LogP contribution >= 0.6 is 11.6 Å². The normalized spacial score (nSPS) is 10.6. The maximum atomic E-state index is 11.7. The van der Waals surface area contributed by atoms with E-state index in [-0.39, 0.29) is 5.76 Å². The molecule has 0 radical (unpaired) electrons. The summed E-state index contributed by atoms with van der Waals surface area (Å²) in [5.74, 6) is -0.0183. The minimum Gasteiger partial charge on any atom is -0.463 e. The molecule has 20 heavy (non-hydrogen) atoms. The first-order chi connectivity index (χ1) is 9.56. The zero-order valence-corrected chi connectivity index (χ0v) is 12.5. The number of rotatable bonds is 4. The highest BCUT2D eigenvalue weighted by Gasteiger charge is 2.22. The van der Waals surface area contributed by atoms with E-state index in [4.69, 9.17) is 20.8 Å².